The molecule has 2 aromatic rings. The third kappa shape index (κ3) is 2.62. The first-order valence-electron chi connectivity index (χ1n) is 5.32. The fraction of sp³-hybridized carbons (Fsp3) is 0.500. The van der Waals surface area contributed by atoms with E-state index in [1.165, 1.54) is 0 Å². The van der Waals surface area contributed by atoms with Crippen molar-refractivity contribution in [2.24, 2.45) is 5.73 Å². The fourth-order valence-electron chi connectivity index (χ4n) is 1.26. The summed E-state index contributed by atoms with van der Waals surface area (Å²) < 4.78 is 10.7. The molecule has 0 radical (unpaired) electrons. The molecule has 7 nitrogen and oxygen atoms in total. The molecule has 0 saturated heterocycles. The highest BCUT2D eigenvalue weighted by atomic mass is 16.4. The van der Waals surface area contributed by atoms with Crippen LogP contribution in [-0.4, -0.2) is 15.2 Å². The zero-order valence-corrected chi connectivity index (χ0v) is 10.0. The Morgan fingerprint density at radius 3 is 2.59 bits per heavy atom. The third-order valence-electron chi connectivity index (χ3n) is 2.29. The number of nitrogens with two attached hydrogens (primary N) is 1. The molecule has 1 unspecified atom stereocenters. The Labute approximate surface area is 98.4 Å². The predicted molar refractivity (Wildman–Crippen MR) is 60.2 cm³/mol. The van der Waals surface area contributed by atoms with Gasteiger partial charge in [-0.05, 0) is 20.8 Å². The van der Waals surface area contributed by atoms with Crippen molar-refractivity contribution in [3.8, 4) is 0 Å². The lowest BCUT2D eigenvalue weighted by molar-refractivity contribution is 0.458. The van der Waals surface area contributed by atoms with E-state index in [9.17, 15) is 0 Å². The van der Waals surface area contributed by atoms with Gasteiger partial charge in [0, 0.05) is 0 Å². The van der Waals surface area contributed by atoms with Crippen LogP contribution < -0.4 is 11.1 Å². The molecule has 0 aliphatic rings. The number of aryl methyl sites for hydroxylation is 2. The summed E-state index contributed by atoms with van der Waals surface area (Å²) in [6.45, 7) is 5.93. The van der Waals surface area contributed by atoms with Gasteiger partial charge in [0.25, 0.3) is 0 Å². The molecule has 0 bridgehead atoms. The van der Waals surface area contributed by atoms with Gasteiger partial charge in [0.05, 0.1) is 18.3 Å². The van der Waals surface area contributed by atoms with Crippen LogP contribution in [0.1, 0.15) is 36.2 Å². The van der Waals surface area contributed by atoms with Crippen molar-refractivity contribution in [3.63, 3.8) is 0 Å². The highest BCUT2D eigenvalue weighted by molar-refractivity contribution is 5.18. The van der Waals surface area contributed by atoms with Crippen LogP contribution in [0.4, 0.5) is 6.01 Å². The Balaban J connectivity index is 1.97. The normalized spacial score (nSPS) is 12.7. The van der Waals surface area contributed by atoms with E-state index < -0.39 is 0 Å². The third-order valence-corrected chi connectivity index (χ3v) is 2.29. The molecule has 3 N–H and O–H groups in total. The number of aromatic nitrogens is 3. The lowest BCUT2D eigenvalue weighted by Crippen LogP contribution is -2.04. The summed E-state index contributed by atoms with van der Waals surface area (Å²) in [7, 11) is 0. The summed E-state index contributed by atoms with van der Waals surface area (Å²) in [6.07, 6.45) is 0. The van der Waals surface area contributed by atoms with Crippen molar-refractivity contribution >= 4 is 6.01 Å². The summed E-state index contributed by atoms with van der Waals surface area (Å²) in [4.78, 5) is 4.22. The number of hydrogen-bond acceptors (Lipinski definition) is 7. The second-order valence-corrected chi connectivity index (χ2v) is 3.84. The summed E-state index contributed by atoms with van der Waals surface area (Å²) in [6, 6.07) is 0.0371. The zero-order valence-electron chi connectivity index (χ0n) is 10.0. The number of anilines is 1. The van der Waals surface area contributed by atoms with Gasteiger partial charge in [-0.1, -0.05) is 5.10 Å². The molecule has 0 fully saturated rings. The van der Waals surface area contributed by atoms with E-state index in [1.54, 1.807) is 6.92 Å². The van der Waals surface area contributed by atoms with Crippen molar-refractivity contribution < 1.29 is 8.83 Å². The molecule has 7 heteroatoms. The van der Waals surface area contributed by atoms with Crippen LogP contribution in [0.2, 0.25) is 0 Å². The quantitative estimate of drug-likeness (QED) is 0.826. The molecule has 0 aliphatic heterocycles. The minimum absolute atomic E-state index is 0.274. The van der Waals surface area contributed by atoms with Gasteiger partial charge in [0.2, 0.25) is 11.8 Å². The first-order valence-corrected chi connectivity index (χ1v) is 5.32. The summed E-state index contributed by atoms with van der Waals surface area (Å²) in [5.41, 5.74) is 6.48. The summed E-state index contributed by atoms with van der Waals surface area (Å²) >= 11 is 0. The largest absolute Gasteiger partial charge is 0.444 e. The summed E-state index contributed by atoms with van der Waals surface area (Å²) in [5, 5.41) is 10.5. The minimum atomic E-state index is -0.274. The molecule has 2 heterocycles. The van der Waals surface area contributed by atoms with Gasteiger partial charge in [-0.15, -0.1) is 5.10 Å². The van der Waals surface area contributed by atoms with E-state index in [4.69, 9.17) is 14.6 Å². The maximum Gasteiger partial charge on any atom is 0.315 e. The fourth-order valence-corrected chi connectivity index (χ4v) is 1.26. The Hall–Kier alpha value is -1.89. The molecule has 2 aromatic heterocycles. The summed E-state index contributed by atoms with van der Waals surface area (Å²) in [5.74, 6) is 1.79. The molecule has 17 heavy (non-hydrogen) atoms. The van der Waals surface area contributed by atoms with Crippen LogP contribution in [-0.2, 0) is 6.54 Å². The second-order valence-electron chi connectivity index (χ2n) is 3.84. The minimum Gasteiger partial charge on any atom is -0.444 e. The maximum absolute atomic E-state index is 5.60. The lowest BCUT2D eigenvalue weighted by Gasteiger charge is -1.97. The van der Waals surface area contributed by atoms with Gasteiger partial charge in [-0.25, -0.2) is 4.98 Å². The van der Waals surface area contributed by atoms with Crippen molar-refractivity contribution in [2.45, 2.75) is 33.4 Å². The molecule has 1 atom stereocenters. The average Bonchev–Trinajstić information content (AvgIpc) is 2.84. The van der Waals surface area contributed by atoms with Crippen molar-refractivity contribution in [1.82, 2.24) is 15.2 Å². The van der Waals surface area contributed by atoms with Crippen molar-refractivity contribution in [1.29, 1.82) is 0 Å². The number of nitrogens with one attached hydrogen (secondary N) is 1. The van der Waals surface area contributed by atoms with E-state index in [1.807, 2.05) is 13.8 Å². The van der Waals surface area contributed by atoms with Crippen LogP contribution in [0.3, 0.4) is 0 Å². The van der Waals surface area contributed by atoms with Crippen LogP contribution >= 0.6 is 0 Å². The number of rotatable bonds is 4. The SMILES string of the molecule is Cc1nc(CNc2nnc(C(C)N)o2)oc1C. The molecule has 2 rings (SSSR count). The first kappa shape index (κ1) is 11.6. The first-order chi connectivity index (χ1) is 8.06. The van der Waals surface area contributed by atoms with Crippen molar-refractivity contribution in [3.05, 3.63) is 23.2 Å². The number of hydrogen-bond donors (Lipinski definition) is 2. The van der Waals surface area contributed by atoms with E-state index in [0.29, 0.717) is 24.3 Å². The maximum atomic E-state index is 5.60. The second kappa shape index (κ2) is 4.54. The van der Waals surface area contributed by atoms with Gasteiger partial charge in [0.15, 0.2) is 0 Å². The molecule has 0 saturated carbocycles. The van der Waals surface area contributed by atoms with E-state index >= 15 is 0 Å². The zero-order chi connectivity index (χ0) is 12.4. The smallest absolute Gasteiger partial charge is 0.315 e. The van der Waals surface area contributed by atoms with Gasteiger partial charge in [0.1, 0.15) is 5.76 Å². The molecule has 0 aromatic carbocycles. The van der Waals surface area contributed by atoms with Crippen LogP contribution in [0, 0.1) is 13.8 Å². The van der Waals surface area contributed by atoms with E-state index in [0.717, 1.165) is 11.5 Å². The topological polar surface area (TPSA) is 103 Å². The Morgan fingerprint density at radius 2 is 2.06 bits per heavy atom. The van der Waals surface area contributed by atoms with Gasteiger partial charge in [-0.3, -0.25) is 0 Å². The van der Waals surface area contributed by atoms with Crippen LogP contribution in [0.25, 0.3) is 0 Å². The van der Waals surface area contributed by atoms with Crippen LogP contribution in [0.5, 0.6) is 0 Å². The van der Waals surface area contributed by atoms with Gasteiger partial charge in [-0.2, -0.15) is 0 Å². The Kier molecular flexibility index (Phi) is 3.10. The monoisotopic (exact) mass is 237 g/mol. The molecule has 0 aliphatic carbocycles. The number of oxazole rings is 1. The highest BCUT2D eigenvalue weighted by Gasteiger charge is 2.11. The molecular weight excluding hydrogens is 222 g/mol. The predicted octanol–water partition coefficient (Wildman–Crippen LogP) is 1.31. The standard InChI is InChI=1S/C10H15N5O2/c1-5(11)9-14-15-10(17-9)12-4-8-13-6(2)7(3)16-8/h5H,4,11H2,1-3H3,(H,12,15). The highest BCUT2D eigenvalue weighted by Crippen LogP contribution is 2.13. The van der Waals surface area contributed by atoms with Gasteiger partial charge < -0.3 is 19.9 Å². The van der Waals surface area contributed by atoms with Crippen LogP contribution in [0.15, 0.2) is 8.83 Å². The molecular formula is C10H15N5O2. The molecule has 92 valence electrons. The Bertz CT molecular complexity index is 483. The van der Waals surface area contributed by atoms with Gasteiger partial charge >= 0.3 is 6.01 Å². The molecule has 0 amide bonds. The van der Waals surface area contributed by atoms with E-state index in [-0.39, 0.29) is 6.04 Å². The van der Waals surface area contributed by atoms with E-state index in [2.05, 4.69) is 20.5 Å². The lowest BCUT2D eigenvalue weighted by atomic mass is 10.4. The molecule has 0 spiro atoms. The van der Waals surface area contributed by atoms with Crippen molar-refractivity contribution in [2.75, 3.05) is 5.32 Å². The number of nitrogens with zero attached hydrogens (tertiary/aromatic N) is 3. The Morgan fingerprint density at radius 1 is 1.29 bits per heavy atom. The average molecular weight is 237 g/mol.